The van der Waals surface area contributed by atoms with Gasteiger partial charge in [-0.1, -0.05) is 41.6 Å². The van der Waals surface area contributed by atoms with Crippen molar-refractivity contribution in [2.75, 3.05) is 32.1 Å². The molecule has 3 aromatic carbocycles. The summed E-state index contributed by atoms with van der Waals surface area (Å²) < 4.78 is 16.5. The lowest BCUT2D eigenvalue weighted by atomic mass is 9.83. The topological polar surface area (TPSA) is 104 Å². The molecule has 9 nitrogen and oxygen atoms in total. The van der Waals surface area contributed by atoms with Gasteiger partial charge in [0.05, 0.1) is 25.8 Å². The van der Waals surface area contributed by atoms with Crippen LogP contribution in [0.15, 0.2) is 89.5 Å². The molecule has 42 heavy (non-hydrogen) atoms. The van der Waals surface area contributed by atoms with Crippen LogP contribution in [-0.2, 0) is 20.8 Å². The molecule has 3 fully saturated rings. The van der Waals surface area contributed by atoms with Crippen LogP contribution in [0.25, 0.3) is 11.5 Å². The van der Waals surface area contributed by atoms with Crippen molar-refractivity contribution in [3.8, 4) is 11.5 Å². The van der Waals surface area contributed by atoms with Crippen molar-refractivity contribution >= 4 is 23.3 Å². The number of nitrogens with zero attached hydrogens (tertiary/aromatic N) is 3. The Labute approximate surface area is 251 Å². The second-order valence-corrected chi connectivity index (χ2v) is 10.6. The number of esters is 2. The number of fused-ring (bicyclic) bond motifs is 3. The van der Waals surface area contributed by atoms with Crippen LogP contribution >= 0.6 is 0 Å². The van der Waals surface area contributed by atoms with Gasteiger partial charge < -0.3 is 36.2 Å². The number of ether oxygens (including phenoxy) is 2. The fourth-order valence-electron chi connectivity index (χ4n) is 5.60. The normalized spacial score (nSPS) is 20.3. The van der Waals surface area contributed by atoms with Gasteiger partial charge in [-0.3, -0.25) is 4.79 Å². The van der Waals surface area contributed by atoms with E-state index in [4.69, 9.17) is 9.26 Å². The highest BCUT2D eigenvalue weighted by atomic mass is 35.5. The van der Waals surface area contributed by atoms with Gasteiger partial charge in [-0.2, -0.15) is 4.98 Å². The summed E-state index contributed by atoms with van der Waals surface area (Å²) in [6, 6.07) is 26.8. The van der Waals surface area contributed by atoms with Crippen LogP contribution < -0.4 is 17.7 Å². The molecule has 1 N–H and O–H groups in total. The number of rotatable bonds is 7. The molecule has 4 aromatic rings. The van der Waals surface area contributed by atoms with Gasteiger partial charge in [0.1, 0.15) is 13.1 Å². The van der Waals surface area contributed by atoms with Gasteiger partial charge in [0.15, 0.2) is 6.10 Å². The number of para-hydroxylation sites is 1. The highest BCUT2D eigenvalue weighted by Gasteiger charge is 2.48. The molecule has 3 aliphatic heterocycles. The standard InChI is InChI=1S/C18H22N3O3.C14H13NO2.ClH/c1-13(22)23-16-11-21(9-7-14(16)8-10-21)12-17-19-18(24-20-17)15-5-3-2-4-6-15;1-17-14(16)11-7-9-13(10-8-11)15-12-5-3-2-4-6-12;/h2-6,14,16H,7-12H2,1H3;2-10,15H,1H3;1H/q+1;;/p-1. The Morgan fingerprint density at radius 3 is 2.17 bits per heavy atom. The molecule has 10 heteroatoms. The summed E-state index contributed by atoms with van der Waals surface area (Å²) in [4.78, 5) is 27.2. The van der Waals surface area contributed by atoms with E-state index in [0.717, 1.165) is 66.3 Å². The minimum Gasteiger partial charge on any atom is -1.00 e. The maximum absolute atomic E-state index is 11.3. The van der Waals surface area contributed by atoms with Crippen molar-refractivity contribution < 1.29 is 40.5 Å². The fraction of sp³-hybridized carbons (Fsp3) is 0.312. The number of benzene rings is 3. The van der Waals surface area contributed by atoms with Gasteiger partial charge in [0, 0.05) is 42.6 Å². The number of carbonyl (C=O) groups excluding carboxylic acids is 2. The Morgan fingerprint density at radius 1 is 0.929 bits per heavy atom. The Hall–Kier alpha value is -4.21. The third-order valence-corrected chi connectivity index (χ3v) is 7.69. The van der Waals surface area contributed by atoms with E-state index in [1.165, 1.54) is 14.0 Å². The van der Waals surface area contributed by atoms with Gasteiger partial charge in [-0.25, -0.2) is 4.79 Å². The molecule has 1 atom stereocenters. The first kappa shape index (κ1) is 30.7. The number of aromatic nitrogens is 2. The van der Waals surface area contributed by atoms with Crippen LogP contribution in [0.1, 0.15) is 35.9 Å². The minimum atomic E-state index is -0.323. The molecular formula is C32H35ClN4O5. The largest absolute Gasteiger partial charge is 1.00 e. The second kappa shape index (κ2) is 14.1. The summed E-state index contributed by atoms with van der Waals surface area (Å²) >= 11 is 0. The van der Waals surface area contributed by atoms with Gasteiger partial charge in [-0.05, 0) is 48.5 Å². The Balaban J connectivity index is 0.000000200. The highest BCUT2D eigenvalue weighted by Crippen LogP contribution is 2.37. The number of methoxy groups -OCH3 is 1. The van der Waals surface area contributed by atoms with Gasteiger partial charge in [0.25, 0.3) is 5.89 Å². The smallest absolute Gasteiger partial charge is 0.337 e. The maximum Gasteiger partial charge on any atom is 0.337 e. The van der Waals surface area contributed by atoms with Crippen molar-refractivity contribution in [2.24, 2.45) is 5.92 Å². The number of halogens is 1. The summed E-state index contributed by atoms with van der Waals surface area (Å²) in [5.74, 6) is 1.30. The molecule has 0 spiro atoms. The van der Waals surface area contributed by atoms with Crippen LogP contribution in [0.2, 0.25) is 0 Å². The number of hydrogen-bond donors (Lipinski definition) is 1. The lowest BCUT2D eigenvalue weighted by Crippen LogP contribution is -3.00. The predicted octanol–water partition coefficient (Wildman–Crippen LogP) is 2.63. The van der Waals surface area contributed by atoms with Crippen LogP contribution in [0.4, 0.5) is 11.4 Å². The van der Waals surface area contributed by atoms with Crippen LogP contribution in [0.5, 0.6) is 0 Å². The predicted molar refractivity (Wildman–Crippen MR) is 154 cm³/mol. The van der Waals surface area contributed by atoms with E-state index in [1.807, 2.05) is 72.8 Å². The molecule has 1 aromatic heterocycles. The average Bonchev–Trinajstić information content (AvgIpc) is 3.46. The Kier molecular flexibility index (Phi) is 10.3. The van der Waals surface area contributed by atoms with E-state index in [9.17, 15) is 9.59 Å². The van der Waals surface area contributed by atoms with Gasteiger partial charge in [0.2, 0.25) is 5.82 Å². The van der Waals surface area contributed by atoms with Crippen molar-refractivity contribution in [2.45, 2.75) is 32.4 Å². The second-order valence-electron chi connectivity index (χ2n) is 10.6. The zero-order valence-corrected chi connectivity index (χ0v) is 24.5. The third kappa shape index (κ3) is 7.74. The van der Waals surface area contributed by atoms with E-state index in [-0.39, 0.29) is 30.4 Å². The van der Waals surface area contributed by atoms with Crippen LogP contribution in [0.3, 0.4) is 0 Å². The molecule has 0 aliphatic carbocycles. The first-order valence-corrected chi connectivity index (χ1v) is 13.8. The molecule has 220 valence electrons. The molecule has 0 saturated carbocycles. The number of anilines is 2. The third-order valence-electron chi connectivity index (χ3n) is 7.69. The van der Waals surface area contributed by atoms with Crippen molar-refractivity contribution in [3.05, 3.63) is 96.3 Å². The summed E-state index contributed by atoms with van der Waals surface area (Å²) in [7, 11) is 1.37. The van der Waals surface area contributed by atoms with Crippen molar-refractivity contribution in [1.29, 1.82) is 0 Å². The molecule has 3 aliphatic rings. The maximum atomic E-state index is 11.3. The van der Waals surface area contributed by atoms with Crippen LogP contribution in [0, 0.1) is 5.92 Å². The van der Waals surface area contributed by atoms with Gasteiger partial charge >= 0.3 is 11.9 Å². The van der Waals surface area contributed by atoms with E-state index >= 15 is 0 Å². The zero-order valence-electron chi connectivity index (χ0n) is 23.7. The van der Waals surface area contributed by atoms with E-state index in [1.54, 1.807) is 12.1 Å². The number of nitrogens with one attached hydrogen (secondary N) is 1. The molecule has 2 bridgehead atoms. The van der Waals surface area contributed by atoms with E-state index in [0.29, 0.717) is 17.4 Å². The lowest BCUT2D eigenvalue weighted by Gasteiger charge is -2.51. The number of carbonyl (C=O) groups is 2. The molecule has 7 rings (SSSR count). The Morgan fingerprint density at radius 2 is 1.55 bits per heavy atom. The lowest BCUT2D eigenvalue weighted by molar-refractivity contribution is -0.958. The molecule has 0 radical (unpaired) electrons. The fourth-order valence-corrected chi connectivity index (χ4v) is 5.60. The minimum absolute atomic E-state index is 0. The van der Waals surface area contributed by atoms with Gasteiger partial charge in [-0.15, -0.1) is 0 Å². The molecule has 1 unspecified atom stereocenters. The number of hydrogen-bond acceptors (Lipinski definition) is 8. The van der Waals surface area contributed by atoms with E-state index < -0.39 is 0 Å². The molecule has 3 saturated heterocycles. The zero-order chi connectivity index (χ0) is 28.7. The first-order chi connectivity index (χ1) is 19.9. The first-order valence-electron chi connectivity index (χ1n) is 13.8. The summed E-state index contributed by atoms with van der Waals surface area (Å²) in [5.41, 5.74) is 3.43. The molecular weight excluding hydrogens is 556 g/mol. The molecule has 4 heterocycles. The summed E-state index contributed by atoms with van der Waals surface area (Å²) in [6.07, 6.45) is 2.23. The van der Waals surface area contributed by atoms with Crippen molar-refractivity contribution in [1.82, 2.24) is 10.1 Å². The number of quaternary nitrogens is 1. The van der Waals surface area contributed by atoms with Crippen LogP contribution in [-0.4, -0.2) is 59.4 Å². The average molecular weight is 591 g/mol. The Bertz CT molecular complexity index is 1440. The highest BCUT2D eigenvalue weighted by molar-refractivity contribution is 5.89. The summed E-state index contributed by atoms with van der Waals surface area (Å²) in [5, 5.41) is 7.41. The van der Waals surface area contributed by atoms with Crippen molar-refractivity contribution in [3.63, 3.8) is 0 Å². The molecule has 0 amide bonds. The SMILES string of the molecule is CC(=O)OC1C[N+]2(Cc3noc(-c4ccccc4)n3)CCC1CC2.COC(=O)c1ccc(Nc2ccccc2)cc1.[Cl-]. The summed E-state index contributed by atoms with van der Waals surface area (Å²) in [6.45, 7) is 5.28. The number of piperidine rings is 3. The quantitative estimate of drug-likeness (QED) is 0.259. The van der Waals surface area contributed by atoms with E-state index in [2.05, 4.69) is 20.2 Å². The monoisotopic (exact) mass is 590 g/mol.